The molecule has 2 rings (SSSR count). The first kappa shape index (κ1) is 8.48. The third kappa shape index (κ3) is 1.49. The van der Waals surface area contributed by atoms with E-state index in [9.17, 15) is 0 Å². The molecule has 70 valence electrons. The van der Waals surface area contributed by atoms with Gasteiger partial charge in [0, 0.05) is 31.8 Å². The summed E-state index contributed by atoms with van der Waals surface area (Å²) in [5.74, 6) is 0.658. The molecule has 0 amide bonds. The van der Waals surface area contributed by atoms with Crippen LogP contribution in [0.4, 0.5) is 0 Å². The fraction of sp³-hybridized carbons (Fsp3) is 1.00. The van der Waals surface area contributed by atoms with Gasteiger partial charge in [0.15, 0.2) is 0 Å². The van der Waals surface area contributed by atoms with Crippen LogP contribution in [0.3, 0.4) is 0 Å². The Morgan fingerprint density at radius 1 is 1.42 bits per heavy atom. The van der Waals surface area contributed by atoms with E-state index in [4.69, 9.17) is 10.5 Å². The van der Waals surface area contributed by atoms with Crippen molar-refractivity contribution in [1.82, 2.24) is 4.90 Å². The molecule has 0 spiro atoms. The fourth-order valence-electron chi connectivity index (χ4n) is 2.14. The van der Waals surface area contributed by atoms with Crippen LogP contribution in [0.5, 0.6) is 0 Å². The summed E-state index contributed by atoms with van der Waals surface area (Å²) in [4.78, 5) is 2.49. The maximum Gasteiger partial charge on any atom is 0.0622 e. The van der Waals surface area contributed by atoms with Crippen LogP contribution in [-0.2, 0) is 4.74 Å². The number of hydrogen-bond acceptors (Lipinski definition) is 3. The van der Waals surface area contributed by atoms with Gasteiger partial charge in [-0.05, 0) is 12.3 Å². The molecule has 0 radical (unpaired) electrons. The molecule has 3 nitrogen and oxygen atoms in total. The average Bonchev–Trinajstić information content (AvgIpc) is 2.61. The van der Waals surface area contributed by atoms with Gasteiger partial charge in [-0.3, -0.25) is 4.90 Å². The second-order valence-corrected chi connectivity index (χ2v) is 4.11. The van der Waals surface area contributed by atoms with Crippen LogP contribution in [0.2, 0.25) is 0 Å². The molecular formula is C9H18N2O. The number of nitrogens with two attached hydrogens (primary N) is 1. The van der Waals surface area contributed by atoms with Crippen LogP contribution in [0.25, 0.3) is 0 Å². The molecule has 0 saturated carbocycles. The molecule has 12 heavy (non-hydrogen) atoms. The standard InChI is InChI=1S/C9H18N2O/c1-7-4-11(5-9(7)10)8-2-3-12-6-8/h7-9H,2-6,10H2,1H3. The Balaban J connectivity index is 1.89. The monoisotopic (exact) mass is 170 g/mol. The number of hydrogen-bond donors (Lipinski definition) is 1. The third-order valence-corrected chi connectivity index (χ3v) is 3.12. The van der Waals surface area contributed by atoms with Gasteiger partial charge < -0.3 is 10.5 Å². The Labute approximate surface area is 73.9 Å². The van der Waals surface area contributed by atoms with Crippen molar-refractivity contribution in [1.29, 1.82) is 0 Å². The van der Waals surface area contributed by atoms with Crippen molar-refractivity contribution in [2.75, 3.05) is 26.3 Å². The van der Waals surface area contributed by atoms with Crippen molar-refractivity contribution in [3.63, 3.8) is 0 Å². The summed E-state index contributed by atoms with van der Waals surface area (Å²) in [5.41, 5.74) is 5.95. The van der Waals surface area contributed by atoms with Gasteiger partial charge in [-0.2, -0.15) is 0 Å². The van der Waals surface area contributed by atoms with E-state index in [2.05, 4.69) is 11.8 Å². The van der Waals surface area contributed by atoms with Crippen molar-refractivity contribution in [2.45, 2.75) is 25.4 Å². The van der Waals surface area contributed by atoms with Crippen LogP contribution in [0.1, 0.15) is 13.3 Å². The number of likely N-dealkylation sites (tertiary alicyclic amines) is 1. The minimum absolute atomic E-state index is 0.380. The lowest BCUT2D eigenvalue weighted by atomic mass is 10.1. The van der Waals surface area contributed by atoms with Crippen molar-refractivity contribution in [2.24, 2.45) is 11.7 Å². The number of rotatable bonds is 1. The van der Waals surface area contributed by atoms with Crippen molar-refractivity contribution in [3.8, 4) is 0 Å². The van der Waals surface area contributed by atoms with E-state index in [1.807, 2.05) is 0 Å². The lowest BCUT2D eigenvalue weighted by Crippen LogP contribution is -2.35. The third-order valence-electron chi connectivity index (χ3n) is 3.12. The van der Waals surface area contributed by atoms with Gasteiger partial charge in [-0.25, -0.2) is 0 Å². The summed E-state index contributed by atoms with van der Waals surface area (Å²) < 4.78 is 5.36. The first-order valence-electron chi connectivity index (χ1n) is 4.85. The van der Waals surface area contributed by atoms with Gasteiger partial charge in [0.1, 0.15) is 0 Å². The zero-order valence-electron chi connectivity index (χ0n) is 7.70. The lowest BCUT2D eigenvalue weighted by Gasteiger charge is -2.21. The zero-order valence-corrected chi connectivity index (χ0v) is 7.70. The van der Waals surface area contributed by atoms with E-state index in [1.54, 1.807) is 0 Å². The Morgan fingerprint density at radius 3 is 2.75 bits per heavy atom. The minimum Gasteiger partial charge on any atom is -0.380 e. The quantitative estimate of drug-likeness (QED) is 0.604. The van der Waals surface area contributed by atoms with E-state index in [-0.39, 0.29) is 0 Å². The molecule has 2 aliphatic heterocycles. The SMILES string of the molecule is CC1CN(C2CCOC2)CC1N. The fourth-order valence-corrected chi connectivity index (χ4v) is 2.14. The molecule has 0 bridgehead atoms. The van der Waals surface area contributed by atoms with Crippen molar-refractivity contribution < 1.29 is 4.74 Å². The van der Waals surface area contributed by atoms with E-state index in [0.717, 1.165) is 26.3 Å². The second-order valence-electron chi connectivity index (χ2n) is 4.11. The summed E-state index contributed by atoms with van der Waals surface area (Å²) in [6.45, 7) is 6.31. The Morgan fingerprint density at radius 2 is 2.25 bits per heavy atom. The van der Waals surface area contributed by atoms with Gasteiger partial charge in [-0.1, -0.05) is 6.92 Å². The van der Waals surface area contributed by atoms with E-state index in [0.29, 0.717) is 18.0 Å². The van der Waals surface area contributed by atoms with Crippen LogP contribution in [0.15, 0.2) is 0 Å². The summed E-state index contributed by atoms with van der Waals surface area (Å²) in [5, 5.41) is 0. The second kappa shape index (κ2) is 3.32. The van der Waals surface area contributed by atoms with E-state index in [1.165, 1.54) is 6.42 Å². The molecule has 0 aromatic heterocycles. The maximum atomic E-state index is 5.95. The van der Waals surface area contributed by atoms with Crippen LogP contribution in [-0.4, -0.2) is 43.3 Å². The molecule has 0 aromatic rings. The molecule has 2 N–H and O–H groups in total. The maximum absolute atomic E-state index is 5.95. The minimum atomic E-state index is 0.380. The molecule has 3 atom stereocenters. The number of nitrogens with zero attached hydrogens (tertiary/aromatic N) is 1. The summed E-state index contributed by atoms with van der Waals surface area (Å²) in [6, 6.07) is 1.03. The van der Waals surface area contributed by atoms with Gasteiger partial charge in [-0.15, -0.1) is 0 Å². The smallest absolute Gasteiger partial charge is 0.0622 e. The molecule has 3 unspecified atom stereocenters. The highest BCUT2D eigenvalue weighted by molar-refractivity contribution is 4.89. The highest BCUT2D eigenvalue weighted by Gasteiger charge is 2.32. The van der Waals surface area contributed by atoms with Crippen LogP contribution < -0.4 is 5.73 Å². The predicted molar refractivity (Wildman–Crippen MR) is 47.9 cm³/mol. The van der Waals surface area contributed by atoms with Gasteiger partial charge in [0.2, 0.25) is 0 Å². The first-order valence-corrected chi connectivity index (χ1v) is 4.85. The van der Waals surface area contributed by atoms with E-state index >= 15 is 0 Å². The Bertz CT molecular complexity index is 147. The molecule has 2 fully saturated rings. The van der Waals surface area contributed by atoms with Crippen LogP contribution in [0, 0.1) is 5.92 Å². The number of ether oxygens (including phenoxy) is 1. The van der Waals surface area contributed by atoms with Crippen LogP contribution >= 0.6 is 0 Å². The van der Waals surface area contributed by atoms with Gasteiger partial charge in [0.05, 0.1) is 6.61 Å². The summed E-state index contributed by atoms with van der Waals surface area (Å²) in [6.07, 6.45) is 1.19. The topological polar surface area (TPSA) is 38.5 Å². The zero-order chi connectivity index (χ0) is 8.55. The molecule has 0 aliphatic carbocycles. The first-order chi connectivity index (χ1) is 5.77. The summed E-state index contributed by atoms with van der Waals surface area (Å²) in [7, 11) is 0. The molecule has 2 heterocycles. The lowest BCUT2D eigenvalue weighted by molar-refractivity contribution is 0.157. The molecule has 0 aromatic carbocycles. The molecule has 2 aliphatic rings. The highest BCUT2D eigenvalue weighted by atomic mass is 16.5. The van der Waals surface area contributed by atoms with E-state index < -0.39 is 0 Å². The molecule has 2 saturated heterocycles. The van der Waals surface area contributed by atoms with Gasteiger partial charge in [0.25, 0.3) is 0 Å². The van der Waals surface area contributed by atoms with Crippen molar-refractivity contribution in [3.05, 3.63) is 0 Å². The largest absolute Gasteiger partial charge is 0.380 e. The van der Waals surface area contributed by atoms with Crippen molar-refractivity contribution >= 4 is 0 Å². The normalized spacial score (nSPS) is 44.0. The predicted octanol–water partition coefficient (Wildman–Crippen LogP) is 0.0543. The average molecular weight is 170 g/mol. The van der Waals surface area contributed by atoms with Gasteiger partial charge >= 0.3 is 0 Å². The molecular weight excluding hydrogens is 152 g/mol. The molecule has 3 heteroatoms. The summed E-state index contributed by atoms with van der Waals surface area (Å²) >= 11 is 0. The Kier molecular flexibility index (Phi) is 2.35. The Hall–Kier alpha value is -0.120. The highest BCUT2D eigenvalue weighted by Crippen LogP contribution is 2.21.